The van der Waals surface area contributed by atoms with Crippen LogP contribution in [-0.2, 0) is 9.84 Å². The van der Waals surface area contributed by atoms with E-state index in [9.17, 15) is 13.2 Å². The van der Waals surface area contributed by atoms with Crippen molar-refractivity contribution in [2.45, 2.75) is 31.7 Å². The van der Waals surface area contributed by atoms with E-state index in [0.717, 1.165) is 51.0 Å². The van der Waals surface area contributed by atoms with Gasteiger partial charge in [-0.3, -0.25) is 4.79 Å². The summed E-state index contributed by atoms with van der Waals surface area (Å²) in [5, 5.41) is 7.20. The zero-order chi connectivity index (χ0) is 23.4. The van der Waals surface area contributed by atoms with Crippen LogP contribution in [0.25, 0.3) is 0 Å². The highest BCUT2D eigenvalue weighted by atomic mass is 35.5. The van der Waals surface area contributed by atoms with Gasteiger partial charge in [-0.25, -0.2) is 13.4 Å². The number of amides is 1. The Labute approximate surface area is 204 Å². The molecular weight excluding hydrogens is 483 g/mol. The number of carbonyl (C=O) groups is 1. The number of pyridine rings is 1. The van der Waals surface area contributed by atoms with Crippen molar-refractivity contribution in [1.29, 1.82) is 0 Å². The average Bonchev–Trinajstić information content (AvgIpc) is 2.80. The third-order valence-electron chi connectivity index (χ3n) is 6.47. The molecule has 178 valence electrons. The maximum atomic E-state index is 12.9. The lowest BCUT2D eigenvalue weighted by Crippen LogP contribution is -2.46. The first kappa shape index (κ1) is 24.3. The van der Waals surface area contributed by atoms with Crippen LogP contribution in [0, 0.1) is 5.92 Å². The molecule has 0 radical (unpaired) electrons. The summed E-state index contributed by atoms with van der Waals surface area (Å²) < 4.78 is 23.4. The van der Waals surface area contributed by atoms with Crippen LogP contribution in [0.2, 0.25) is 10.0 Å². The zero-order valence-corrected chi connectivity index (χ0v) is 20.6. The van der Waals surface area contributed by atoms with E-state index in [1.807, 2.05) is 6.07 Å². The minimum atomic E-state index is -2.83. The number of anilines is 2. The molecule has 2 N–H and O–H groups in total. The van der Waals surface area contributed by atoms with Crippen LogP contribution < -0.4 is 10.6 Å². The van der Waals surface area contributed by atoms with Gasteiger partial charge in [0.15, 0.2) is 0 Å². The summed E-state index contributed by atoms with van der Waals surface area (Å²) in [4.78, 5) is 19.4. The highest BCUT2D eigenvalue weighted by Gasteiger charge is 2.30. The van der Waals surface area contributed by atoms with Gasteiger partial charge in [0.25, 0.3) is 5.91 Å². The summed E-state index contributed by atoms with van der Waals surface area (Å²) in [5.41, 5.74) is 1.19. The molecule has 10 heteroatoms. The summed E-state index contributed by atoms with van der Waals surface area (Å²) in [5.74, 6) is 1.23. The number of halogens is 2. The summed E-state index contributed by atoms with van der Waals surface area (Å²) in [7, 11) is -2.83. The molecule has 0 aliphatic carbocycles. The van der Waals surface area contributed by atoms with Crippen LogP contribution in [0.15, 0.2) is 36.5 Å². The van der Waals surface area contributed by atoms with E-state index < -0.39 is 9.84 Å². The maximum Gasteiger partial charge on any atom is 0.258 e. The second-order valence-electron chi connectivity index (χ2n) is 8.75. The number of benzene rings is 1. The van der Waals surface area contributed by atoms with E-state index in [2.05, 4.69) is 20.5 Å². The summed E-state index contributed by atoms with van der Waals surface area (Å²) in [6.07, 6.45) is 5.06. The molecule has 33 heavy (non-hydrogen) atoms. The van der Waals surface area contributed by atoms with Crippen molar-refractivity contribution in [1.82, 2.24) is 9.88 Å². The summed E-state index contributed by atoms with van der Waals surface area (Å²) in [6, 6.07) is 8.93. The van der Waals surface area contributed by atoms with Gasteiger partial charge in [-0.15, -0.1) is 0 Å². The molecule has 0 bridgehead atoms. The molecule has 3 heterocycles. The number of likely N-dealkylation sites (tertiary alicyclic amines) is 1. The van der Waals surface area contributed by atoms with Gasteiger partial charge in [0, 0.05) is 29.5 Å². The molecule has 0 unspecified atom stereocenters. The Hall–Kier alpha value is -1.87. The Kier molecular flexibility index (Phi) is 7.79. The van der Waals surface area contributed by atoms with Crippen LogP contribution in [-0.4, -0.2) is 61.4 Å². The predicted molar refractivity (Wildman–Crippen MR) is 133 cm³/mol. The number of sulfone groups is 1. The molecule has 2 aliphatic heterocycles. The Balaban J connectivity index is 1.31. The first-order valence-electron chi connectivity index (χ1n) is 11.2. The molecule has 2 saturated heterocycles. The van der Waals surface area contributed by atoms with E-state index in [0.29, 0.717) is 44.9 Å². The predicted octanol–water partition coefficient (Wildman–Crippen LogP) is 4.34. The smallest absolute Gasteiger partial charge is 0.258 e. The lowest BCUT2D eigenvalue weighted by Gasteiger charge is -2.39. The van der Waals surface area contributed by atoms with Gasteiger partial charge >= 0.3 is 0 Å². The molecule has 2 aromatic rings. The number of carbonyl (C=O) groups excluding carboxylic acids is 1. The SMILES string of the molecule is O=C(Nc1ccc(Cl)cn1)c1cc(Cl)ccc1NCC1CCN(C2CCS(=O)(=O)CC2)CC1. The molecule has 2 fully saturated rings. The van der Waals surface area contributed by atoms with Crippen LogP contribution in [0.4, 0.5) is 11.5 Å². The first-order chi connectivity index (χ1) is 15.8. The van der Waals surface area contributed by atoms with Gasteiger partial charge in [0.1, 0.15) is 15.7 Å². The zero-order valence-electron chi connectivity index (χ0n) is 18.3. The van der Waals surface area contributed by atoms with E-state index in [1.165, 1.54) is 6.20 Å². The largest absolute Gasteiger partial charge is 0.384 e. The number of rotatable bonds is 6. The maximum absolute atomic E-state index is 12.9. The molecule has 0 saturated carbocycles. The van der Waals surface area contributed by atoms with E-state index in [4.69, 9.17) is 23.2 Å². The molecule has 0 atom stereocenters. The number of nitrogens with zero attached hydrogens (tertiary/aromatic N) is 2. The van der Waals surface area contributed by atoms with E-state index in [-0.39, 0.29) is 5.91 Å². The third-order valence-corrected chi connectivity index (χ3v) is 8.64. The highest BCUT2D eigenvalue weighted by molar-refractivity contribution is 7.91. The van der Waals surface area contributed by atoms with Gasteiger partial charge in [0.2, 0.25) is 0 Å². The minimum absolute atomic E-state index is 0.295. The van der Waals surface area contributed by atoms with Crippen molar-refractivity contribution < 1.29 is 13.2 Å². The summed E-state index contributed by atoms with van der Waals surface area (Å²) >= 11 is 12.0. The van der Waals surface area contributed by atoms with Gasteiger partial charge in [0.05, 0.1) is 22.1 Å². The van der Waals surface area contributed by atoms with Crippen molar-refractivity contribution in [3.8, 4) is 0 Å². The summed E-state index contributed by atoms with van der Waals surface area (Å²) in [6.45, 7) is 2.72. The van der Waals surface area contributed by atoms with Gasteiger partial charge in [-0.1, -0.05) is 23.2 Å². The Bertz CT molecular complexity index is 1070. The fraction of sp³-hybridized carbons (Fsp3) is 0.478. The van der Waals surface area contributed by atoms with Gasteiger partial charge < -0.3 is 15.5 Å². The molecule has 7 nitrogen and oxygen atoms in total. The molecule has 2 aliphatic rings. The Morgan fingerprint density at radius 2 is 1.73 bits per heavy atom. The Morgan fingerprint density at radius 1 is 1.03 bits per heavy atom. The highest BCUT2D eigenvalue weighted by Crippen LogP contribution is 2.27. The van der Waals surface area contributed by atoms with Crippen LogP contribution >= 0.6 is 23.2 Å². The monoisotopic (exact) mass is 510 g/mol. The lowest BCUT2D eigenvalue weighted by molar-refractivity contribution is 0.102. The van der Waals surface area contributed by atoms with Crippen LogP contribution in [0.3, 0.4) is 0 Å². The number of hydrogen-bond donors (Lipinski definition) is 2. The van der Waals surface area contributed by atoms with Gasteiger partial charge in [-0.2, -0.15) is 0 Å². The van der Waals surface area contributed by atoms with Crippen molar-refractivity contribution in [3.05, 3.63) is 52.1 Å². The minimum Gasteiger partial charge on any atom is -0.384 e. The van der Waals surface area contributed by atoms with Crippen LogP contribution in [0.1, 0.15) is 36.0 Å². The first-order valence-corrected chi connectivity index (χ1v) is 13.8. The second-order valence-corrected chi connectivity index (χ2v) is 11.9. The van der Waals surface area contributed by atoms with E-state index >= 15 is 0 Å². The standard InChI is InChI=1S/C23H28Cl2N4O3S/c24-17-1-3-21(20(13-17)23(30)28-22-4-2-18(25)15-27-22)26-14-16-5-9-29(10-6-16)19-7-11-33(31,32)12-8-19/h1-4,13,15-16,19,26H,5-12,14H2,(H,27,28,30). The average molecular weight is 511 g/mol. The van der Waals surface area contributed by atoms with Crippen molar-refractivity contribution in [2.24, 2.45) is 5.92 Å². The molecule has 4 rings (SSSR count). The van der Waals surface area contributed by atoms with Crippen molar-refractivity contribution in [3.63, 3.8) is 0 Å². The molecule has 0 spiro atoms. The fourth-order valence-electron chi connectivity index (χ4n) is 4.51. The quantitative estimate of drug-likeness (QED) is 0.600. The number of piperidine rings is 1. The van der Waals surface area contributed by atoms with Crippen LogP contribution in [0.5, 0.6) is 0 Å². The topological polar surface area (TPSA) is 91.4 Å². The lowest BCUT2D eigenvalue weighted by atomic mass is 9.94. The molecular formula is C23H28Cl2N4O3S. The number of hydrogen-bond acceptors (Lipinski definition) is 6. The van der Waals surface area contributed by atoms with Crippen molar-refractivity contribution >= 4 is 50.5 Å². The second kappa shape index (κ2) is 10.6. The van der Waals surface area contributed by atoms with Crippen molar-refractivity contribution in [2.75, 3.05) is 41.8 Å². The number of aromatic nitrogens is 1. The molecule has 1 aromatic heterocycles. The number of nitrogens with one attached hydrogen (secondary N) is 2. The molecule has 1 aromatic carbocycles. The van der Waals surface area contributed by atoms with E-state index in [1.54, 1.807) is 24.3 Å². The fourth-order valence-corrected chi connectivity index (χ4v) is 6.26. The third kappa shape index (κ3) is 6.59. The van der Waals surface area contributed by atoms with Gasteiger partial charge in [-0.05, 0) is 75.0 Å². The Morgan fingerprint density at radius 3 is 2.39 bits per heavy atom. The normalized spacial score (nSPS) is 19.8. The molecule has 1 amide bonds.